The fraction of sp³-hybridized carbons (Fsp3) is 0.533. The number of carbonyl (C=O) groups excluding carboxylic acids is 1. The number of esters is 1. The normalized spacial score (nSPS) is 18.6. The standard InChI is InChI=1S/C15H19NO7S/c1-24(21,22)14(15(18)9-3-2-4-10-15)23-13(17)11-5-7-12(8-6-11)16(19)20/h5-8,14,18H,2-4,9-10H2,1H3. The zero-order valence-corrected chi connectivity index (χ0v) is 14.0. The summed E-state index contributed by atoms with van der Waals surface area (Å²) in [7, 11) is -3.85. The number of rotatable bonds is 5. The van der Waals surface area contributed by atoms with E-state index in [0.717, 1.165) is 24.8 Å². The highest BCUT2D eigenvalue weighted by molar-refractivity contribution is 7.91. The lowest BCUT2D eigenvalue weighted by Gasteiger charge is -2.37. The maximum Gasteiger partial charge on any atom is 0.339 e. The molecular weight excluding hydrogens is 338 g/mol. The van der Waals surface area contributed by atoms with Crippen LogP contribution in [0.4, 0.5) is 5.69 Å². The topological polar surface area (TPSA) is 124 Å². The molecule has 1 aromatic rings. The van der Waals surface area contributed by atoms with Crippen molar-refractivity contribution in [3.8, 4) is 0 Å². The molecule has 8 nitrogen and oxygen atoms in total. The lowest BCUT2D eigenvalue weighted by atomic mass is 9.85. The van der Waals surface area contributed by atoms with E-state index in [-0.39, 0.29) is 24.1 Å². The molecule has 0 saturated heterocycles. The van der Waals surface area contributed by atoms with Gasteiger partial charge in [-0.25, -0.2) is 13.2 Å². The molecule has 1 aliphatic carbocycles. The summed E-state index contributed by atoms with van der Waals surface area (Å²) in [6.45, 7) is 0. The Hall–Kier alpha value is -2.00. The van der Waals surface area contributed by atoms with Gasteiger partial charge in [-0.1, -0.05) is 19.3 Å². The van der Waals surface area contributed by atoms with Gasteiger partial charge in [0.25, 0.3) is 5.69 Å². The number of nitrogens with zero attached hydrogens (tertiary/aromatic N) is 1. The number of non-ortho nitro benzene ring substituents is 1. The minimum atomic E-state index is -3.85. The van der Waals surface area contributed by atoms with E-state index in [2.05, 4.69) is 0 Å². The molecule has 1 aliphatic rings. The molecule has 0 radical (unpaired) electrons. The van der Waals surface area contributed by atoms with E-state index in [0.29, 0.717) is 12.8 Å². The molecule has 9 heteroatoms. The van der Waals surface area contributed by atoms with Crippen LogP contribution in [0.2, 0.25) is 0 Å². The summed E-state index contributed by atoms with van der Waals surface area (Å²) in [6.07, 6.45) is 3.56. The molecule has 1 aromatic carbocycles. The zero-order valence-electron chi connectivity index (χ0n) is 13.2. The lowest BCUT2D eigenvalue weighted by Crippen LogP contribution is -2.50. The SMILES string of the molecule is CS(=O)(=O)C(OC(=O)c1ccc([N+](=O)[O-])cc1)C1(O)CCCCC1. The van der Waals surface area contributed by atoms with E-state index < -0.39 is 31.8 Å². The Morgan fingerprint density at radius 1 is 1.25 bits per heavy atom. The van der Waals surface area contributed by atoms with Gasteiger partial charge in [0.2, 0.25) is 5.44 Å². The third-order valence-corrected chi connectivity index (χ3v) is 5.39. The summed E-state index contributed by atoms with van der Waals surface area (Å²) in [5.41, 5.74) is -3.48. The van der Waals surface area contributed by atoms with Gasteiger partial charge < -0.3 is 9.84 Å². The van der Waals surface area contributed by atoms with Crippen LogP contribution in [0.3, 0.4) is 0 Å². The third-order valence-electron chi connectivity index (χ3n) is 4.07. The Balaban J connectivity index is 2.23. The fourth-order valence-corrected chi connectivity index (χ4v) is 4.17. The fourth-order valence-electron chi connectivity index (χ4n) is 2.88. The number of carbonyl (C=O) groups is 1. The van der Waals surface area contributed by atoms with E-state index in [1.165, 1.54) is 12.1 Å². The van der Waals surface area contributed by atoms with E-state index >= 15 is 0 Å². The van der Waals surface area contributed by atoms with E-state index in [9.17, 15) is 28.4 Å². The second kappa shape index (κ2) is 6.86. The van der Waals surface area contributed by atoms with Gasteiger partial charge >= 0.3 is 5.97 Å². The monoisotopic (exact) mass is 357 g/mol. The van der Waals surface area contributed by atoms with Gasteiger partial charge in [0.05, 0.1) is 10.5 Å². The van der Waals surface area contributed by atoms with Gasteiger partial charge in [-0.15, -0.1) is 0 Å². The van der Waals surface area contributed by atoms with Crippen molar-refractivity contribution < 1.29 is 28.0 Å². The van der Waals surface area contributed by atoms with Gasteiger partial charge in [0.1, 0.15) is 5.60 Å². The molecule has 1 unspecified atom stereocenters. The van der Waals surface area contributed by atoms with Crippen LogP contribution in [0.25, 0.3) is 0 Å². The maximum absolute atomic E-state index is 12.2. The van der Waals surface area contributed by atoms with Crippen LogP contribution in [0.5, 0.6) is 0 Å². The molecule has 0 amide bonds. The average molecular weight is 357 g/mol. The summed E-state index contributed by atoms with van der Waals surface area (Å²) in [6, 6.07) is 4.62. The first-order valence-electron chi connectivity index (χ1n) is 7.50. The number of nitro groups is 1. The molecule has 24 heavy (non-hydrogen) atoms. The average Bonchev–Trinajstić information content (AvgIpc) is 2.52. The number of hydrogen-bond donors (Lipinski definition) is 1. The van der Waals surface area contributed by atoms with E-state index in [1.807, 2.05) is 0 Å². The van der Waals surface area contributed by atoms with Crippen LogP contribution in [0, 0.1) is 10.1 Å². The maximum atomic E-state index is 12.2. The molecule has 0 spiro atoms. The number of benzene rings is 1. The zero-order chi connectivity index (χ0) is 18.0. The first-order valence-corrected chi connectivity index (χ1v) is 9.46. The van der Waals surface area contributed by atoms with Crippen LogP contribution in [0.1, 0.15) is 42.5 Å². The lowest BCUT2D eigenvalue weighted by molar-refractivity contribution is -0.384. The molecule has 0 bridgehead atoms. The molecular formula is C15H19NO7S. The number of aliphatic hydroxyl groups is 1. The van der Waals surface area contributed by atoms with Crippen molar-refractivity contribution in [1.29, 1.82) is 0 Å². The Morgan fingerprint density at radius 2 is 1.79 bits per heavy atom. The number of sulfone groups is 1. The largest absolute Gasteiger partial charge is 0.439 e. The molecule has 0 heterocycles. The number of hydrogen-bond acceptors (Lipinski definition) is 7. The van der Waals surface area contributed by atoms with Gasteiger partial charge in [-0.2, -0.15) is 0 Å². The van der Waals surface area contributed by atoms with Crippen LogP contribution >= 0.6 is 0 Å². The Labute approximate surface area is 139 Å². The second-order valence-electron chi connectivity index (χ2n) is 6.03. The van der Waals surface area contributed by atoms with Crippen molar-refractivity contribution >= 4 is 21.5 Å². The van der Waals surface area contributed by atoms with Crippen molar-refractivity contribution in [1.82, 2.24) is 0 Å². The molecule has 1 fully saturated rings. The highest BCUT2D eigenvalue weighted by Crippen LogP contribution is 2.35. The predicted octanol–water partition coefficient (Wildman–Crippen LogP) is 1.82. The van der Waals surface area contributed by atoms with Crippen molar-refractivity contribution in [2.45, 2.75) is 43.1 Å². The van der Waals surface area contributed by atoms with Gasteiger partial charge in [-0.05, 0) is 25.0 Å². The summed E-state index contributed by atoms with van der Waals surface area (Å²) in [4.78, 5) is 22.2. The molecule has 132 valence electrons. The van der Waals surface area contributed by atoms with Gasteiger partial charge in [0, 0.05) is 18.4 Å². The Bertz CT molecular complexity index is 721. The smallest absolute Gasteiger partial charge is 0.339 e. The van der Waals surface area contributed by atoms with Crippen LogP contribution in [-0.4, -0.2) is 41.7 Å². The van der Waals surface area contributed by atoms with E-state index in [1.54, 1.807) is 0 Å². The molecule has 2 rings (SSSR count). The second-order valence-corrected chi connectivity index (χ2v) is 8.12. The van der Waals surface area contributed by atoms with Crippen molar-refractivity contribution in [2.75, 3.05) is 6.26 Å². The van der Waals surface area contributed by atoms with Crippen molar-refractivity contribution in [3.05, 3.63) is 39.9 Å². The highest BCUT2D eigenvalue weighted by atomic mass is 32.2. The summed E-state index contributed by atoms with van der Waals surface area (Å²) in [5, 5.41) is 21.3. The van der Waals surface area contributed by atoms with Crippen molar-refractivity contribution in [2.24, 2.45) is 0 Å². The Morgan fingerprint density at radius 3 is 2.25 bits per heavy atom. The van der Waals surface area contributed by atoms with E-state index in [4.69, 9.17) is 4.74 Å². The molecule has 0 aromatic heterocycles. The minimum Gasteiger partial charge on any atom is -0.439 e. The molecule has 0 aliphatic heterocycles. The number of nitro benzene ring substituents is 1. The Kier molecular flexibility index (Phi) is 5.24. The summed E-state index contributed by atoms with van der Waals surface area (Å²) >= 11 is 0. The minimum absolute atomic E-state index is 0.0198. The quantitative estimate of drug-likeness (QED) is 0.484. The van der Waals surface area contributed by atoms with Crippen LogP contribution in [0.15, 0.2) is 24.3 Å². The summed E-state index contributed by atoms with van der Waals surface area (Å²) < 4.78 is 29.1. The van der Waals surface area contributed by atoms with Crippen molar-refractivity contribution in [3.63, 3.8) is 0 Å². The predicted molar refractivity (Wildman–Crippen MR) is 85.2 cm³/mol. The first kappa shape index (κ1) is 18.3. The summed E-state index contributed by atoms with van der Waals surface area (Å²) in [5.74, 6) is -0.945. The molecule has 1 atom stereocenters. The molecule has 1 saturated carbocycles. The van der Waals surface area contributed by atoms with Crippen LogP contribution < -0.4 is 0 Å². The highest BCUT2D eigenvalue weighted by Gasteiger charge is 2.46. The third kappa shape index (κ3) is 4.09. The number of ether oxygens (including phenoxy) is 1. The van der Waals surface area contributed by atoms with Gasteiger partial charge in [0.15, 0.2) is 9.84 Å². The molecule has 1 N–H and O–H groups in total. The van der Waals surface area contributed by atoms with Gasteiger partial charge in [-0.3, -0.25) is 10.1 Å². The first-order chi connectivity index (χ1) is 11.1. The van der Waals surface area contributed by atoms with Crippen LogP contribution in [-0.2, 0) is 14.6 Å².